The van der Waals surface area contributed by atoms with Crippen molar-refractivity contribution in [1.82, 2.24) is 20.3 Å². The number of pyridine rings is 1. The highest BCUT2D eigenvalue weighted by atomic mass is 79.9. The molecule has 1 aliphatic rings. The van der Waals surface area contributed by atoms with Crippen molar-refractivity contribution in [3.05, 3.63) is 39.8 Å². The molecule has 0 fully saturated rings. The lowest BCUT2D eigenvalue weighted by Crippen LogP contribution is -2.28. The van der Waals surface area contributed by atoms with Crippen LogP contribution < -0.4 is 5.32 Å². The van der Waals surface area contributed by atoms with E-state index in [4.69, 9.17) is 4.74 Å². The molecule has 1 N–H and O–H groups in total. The van der Waals surface area contributed by atoms with E-state index in [-0.39, 0.29) is 0 Å². The summed E-state index contributed by atoms with van der Waals surface area (Å²) in [7, 11) is 1.36. The van der Waals surface area contributed by atoms with E-state index in [1.165, 1.54) is 7.11 Å². The van der Waals surface area contributed by atoms with Gasteiger partial charge in [-0.3, -0.25) is 4.98 Å². The van der Waals surface area contributed by atoms with Gasteiger partial charge in [0.2, 0.25) is 0 Å². The summed E-state index contributed by atoms with van der Waals surface area (Å²) in [6.07, 6.45) is 2.38. The van der Waals surface area contributed by atoms with E-state index in [0.717, 1.165) is 22.3 Å². The summed E-state index contributed by atoms with van der Waals surface area (Å²) in [5, 5.41) is 3.24. The molecule has 7 heteroatoms. The smallest absolute Gasteiger partial charge is 0.357 e. The van der Waals surface area contributed by atoms with Crippen LogP contribution in [0.15, 0.2) is 22.8 Å². The number of nitrogens with zero attached hydrogens (tertiary/aromatic N) is 3. The Morgan fingerprint density at radius 1 is 1.43 bits per heavy atom. The van der Waals surface area contributed by atoms with Crippen molar-refractivity contribution in [2.75, 3.05) is 13.7 Å². The number of halogens is 1. The quantitative estimate of drug-likeness (QED) is 0.833. The minimum Gasteiger partial charge on any atom is -0.464 e. The number of fused-ring (bicyclic) bond motifs is 1. The summed E-state index contributed by atoms with van der Waals surface area (Å²) in [4.78, 5) is 25.2. The van der Waals surface area contributed by atoms with Crippen molar-refractivity contribution in [2.45, 2.75) is 13.0 Å². The molecule has 3 rings (SSSR count). The van der Waals surface area contributed by atoms with Gasteiger partial charge in [-0.2, -0.15) is 0 Å². The molecule has 2 aromatic heterocycles. The van der Waals surface area contributed by atoms with E-state index >= 15 is 0 Å². The topological polar surface area (TPSA) is 77.0 Å². The number of ether oxygens (including phenoxy) is 1. The zero-order valence-corrected chi connectivity index (χ0v) is 13.0. The maximum Gasteiger partial charge on any atom is 0.357 e. The van der Waals surface area contributed by atoms with E-state index in [1.54, 1.807) is 6.20 Å². The van der Waals surface area contributed by atoms with Gasteiger partial charge in [0.15, 0.2) is 11.5 Å². The van der Waals surface area contributed by atoms with Crippen molar-refractivity contribution in [1.29, 1.82) is 0 Å². The maximum absolute atomic E-state index is 12.0. The molecule has 0 spiro atoms. The van der Waals surface area contributed by atoms with E-state index in [2.05, 4.69) is 36.2 Å². The molecule has 0 unspecified atom stereocenters. The summed E-state index contributed by atoms with van der Waals surface area (Å²) in [6.45, 7) is 1.41. The summed E-state index contributed by atoms with van der Waals surface area (Å²) in [6, 6.07) is 3.68. The molecular weight excluding hydrogens is 336 g/mol. The van der Waals surface area contributed by atoms with Gasteiger partial charge in [-0.05, 0) is 41.0 Å². The van der Waals surface area contributed by atoms with Gasteiger partial charge in [0.25, 0.3) is 0 Å². The first-order valence-corrected chi connectivity index (χ1v) is 7.29. The van der Waals surface area contributed by atoms with Gasteiger partial charge in [0, 0.05) is 22.8 Å². The minimum atomic E-state index is -0.441. The van der Waals surface area contributed by atoms with E-state index in [0.29, 0.717) is 30.2 Å². The van der Waals surface area contributed by atoms with Crippen LogP contribution in [-0.2, 0) is 17.7 Å². The number of hydrogen-bond donors (Lipinski definition) is 1. The number of methoxy groups -OCH3 is 1. The first kappa shape index (κ1) is 14.1. The van der Waals surface area contributed by atoms with Crippen LogP contribution in [0.5, 0.6) is 0 Å². The number of esters is 1. The Kier molecular flexibility index (Phi) is 3.94. The number of hydrogen-bond acceptors (Lipinski definition) is 6. The van der Waals surface area contributed by atoms with Crippen LogP contribution in [0.4, 0.5) is 0 Å². The summed E-state index contributed by atoms with van der Waals surface area (Å²) in [5.41, 5.74) is 2.62. The van der Waals surface area contributed by atoms with Crippen LogP contribution in [0.25, 0.3) is 11.5 Å². The highest BCUT2D eigenvalue weighted by Gasteiger charge is 2.23. The molecule has 0 bridgehead atoms. The normalized spacial score (nSPS) is 13.6. The van der Waals surface area contributed by atoms with Crippen LogP contribution in [0.1, 0.15) is 21.7 Å². The van der Waals surface area contributed by atoms with Crippen molar-refractivity contribution in [3.8, 4) is 11.5 Å². The largest absolute Gasteiger partial charge is 0.464 e. The fourth-order valence-corrected chi connectivity index (χ4v) is 2.71. The molecule has 21 heavy (non-hydrogen) atoms. The average molecular weight is 349 g/mol. The molecule has 0 radical (unpaired) electrons. The second kappa shape index (κ2) is 5.87. The molecule has 6 nitrogen and oxygen atoms in total. The highest BCUT2D eigenvalue weighted by Crippen LogP contribution is 2.26. The number of nitrogens with one attached hydrogen (secondary N) is 1. The fourth-order valence-electron chi connectivity index (χ4n) is 2.28. The Labute approximate surface area is 130 Å². The highest BCUT2D eigenvalue weighted by molar-refractivity contribution is 9.10. The van der Waals surface area contributed by atoms with Gasteiger partial charge in [-0.15, -0.1) is 0 Å². The summed E-state index contributed by atoms with van der Waals surface area (Å²) < 4.78 is 5.62. The van der Waals surface area contributed by atoms with Crippen molar-refractivity contribution in [3.63, 3.8) is 0 Å². The molecule has 0 atom stereocenters. The minimum absolute atomic E-state index is 0.330. The van der Waals surface area contributed by atoms with E-state index in [9.17, 15) is 4.79 Å². The van der Waals surface area contributed by atoms with Crippen molar-refractivity contribution < 1.29 is 9.53 Å². The monoisotopic (exact) mass is 348 g/mol. The Bertz CT molecular complexity index is 705. The zero-order chi connectivity index (χ0) is 14.8. The number of aromatic nitrogens is 3. The molecule has 0 saturated heterocycles. The van der Waals surface area contributed by atoms with E-state index < -0.39 is 5.97 Å². The van der Waals surface area contributed by atoms with Crippen LogP contribution in [0.3, 0.4) is 0 Å². The zero-order valence-electron chi connectivity index (χ0n) is 11.4. The van der Waals surface area contributed by atoms with Crippen LogP contribution in [0.2, 0.25) is 0 Å². The first-order chi connectivity index (χ1) is 10.2. The molecular formula is C14H13BrN4O2. The van der Waals surface area contributed by atoms with Crippen LogP contribution >= 0.6 is 15.9 Å². The maximum atomic E-state index is 12.0. The van der Waals surface area contributed by atoms with Crippen molar-refractivity contribution >= 4 is 21.9 Å². The van der Waals surface area contributed by atoms with Gasteiger partial charge in [-0.25, -0.2) is 14.8 Å². The van der Waals surface area contributed by atoms with Gasteiger partial charge >= 0.3 is 5.97 Å². The Hall–Kier alpha value is -1.86. The standard InChI is InChI=1S/C14H13BrN4O2/c1-21-14(20)11-8-4-6-16-7-10(8)18-13(19-11)12-9(15)3-2-5-17-12/h2-3,5,16H,4,6-7H2,1H3. The van der Waals surface area contributed by atoms with Gasteiger partial charge in [-0.1, -0.05) is 0 Å². The lowest BCUT2D eigenvalue weighted by molar-refractivity contribution is 0.0592. The second-order valence-electron chi connectivity index (χ2n) is 4.57. The first-order valence-electron chi connectivity index (χ1n) is 6.50. The Balaban J connectivity index is 2.19. The Morgan fingerprint density at radius 2 is 2.29 bits per heavy atom. The third-order valence-corrected chi connectivity index (χ3v) is 3.93. The lowest BCUT2D eigenvalue weighted by Gasteiger charge is -2.19. The van der Waals surface area contributed by atoms with Gasteiger partial charge < -0.3 is 10.1 Å². The average Bonchev–Trinajstić information content (AvgIpc) is 2.53. The molecule has 0 amide bonds. The predicted octanol–water partition coefficient (Wildman–Crippen LogP) is 1.73. The molecule has 2 aromatic rings. The third-order valence-electron chi connectivity index (χ3n) is 3.29. The van der Waals surface area contributed by atoms with Gasteiger partial charge in [0.05, 0.1) is 12.8 Å². The molecule has 3 heterocycles. The van der Waals surface area contributed by atoms with Crippen LogP contribution in [0, 0.1) is 0 Å². The van der Waals surface area contributed by atoms with Crippen LogP contribution in [-0.4, -0.2) is 34.6 Å². The predicted molar refractivity (Wildman–Crippen MR) is 79.7 cm³/mol. The molecule has 0 aromatic carbocycles. The Morgan fingerprint density at radius 3 is 3.05 bits per heavy atom. The summed E-state index contributed by atoms with van der Waals surface area (Å²) in [5.74, 6) is -0.0193. The second-order valence-corrected chi connectivity index (χ2v) is 5.43. The number of carbonyl (C=O) groups excluding carboxylic acids is 1. The van der Waals surface area contributed by atoms with Crippen molar-refractivity contribution in [2.24, 2.45) is 0 Å². The molecule has 0 aliphatic carbocycles. The van der Waals surface area contributed by atoms with Gasteiger partial charge in [0.1, 0.15) is 5.69 Å². The molecule has 108 valence electrons. The molecule has 0 saturated carbocycles. The number of carbonyl (C=O) groups is 1. The number of rotatable bonds is 2. The third kappa shape index (κ3) is 2.66. The lowest BCUT2D eigenvalue weighted by atomic mass is 10.0. The summed E-state index contributed by atoms with van der Waals surface area (Å²) >= 11 is 3.43. The SMILES string of the molecule is COC(=O)c1nc(-c2ncccc2Br)nc2c1CCNC2. The fraction of sp³-hybridized carbons (Fsp3) is 0.286. The van der Waals surface area contributed by atoms with E-state index in [1.807, 2.05) is 12.1 Å². The molecule has 1 aliphatic heterocycles.